The number of hydrogen-bond donors (Lipinski definition) is 1. The van der Waals surface area contributed by atoms with E-state index in [-0.39, 0.29) is 16.2 Å². The summed E-state index contributed by atoms with van der Waals surface area (Å²) in [4.78, 5) is 14.6. The van der Waals surface area contributed by atoms with Gasteiger partial charge in [0.15, 0.2) is 0 Å². The molecule has 1 aromatic carbocycles. The number of aliphatic imine (C=N–C) groups is 1. The van der Waals surface area contributed by atoms with Gasteiger partial charge in [0.05, 0.1) is 22.4 Å². The van der Waals surface area contributed by atoms with Crippen LogP contribution in [0, 0.1) is 0 Å². The van der Waals surface area contributed by atoms with Crippen LogP contribution in [0.4, 0.5) is 5.69 Å². The minimum absolute atomic E-state index is 0.195. The molecular weight excluding hydrogens is 206 g/mol. The van der Waals surface area contributed by atoms with Gasteiger partial charge in [0.25, 0.3) is 10.1 Å². The van der Waals surface area contributed by atoms with Gasteiger partial charge in [-0.2, -0.15) is 8.42 Å². The van der Waals surface area contributed by atoms with Crippen LogP contribution in [0.1, 0.15) is 10.4 Å². The highest BCUT2D eigenvalue weighted by Crippen LogP contribution is 2.26. The van der Waals surface area contributed by atoms with Gasteiger partial charge < -0.3 is 0 Å². The van der Waals surface area contributed by atoms with Crippen LogP contribution in [0.15, 0.2) is 28.1 Å². The van der Waals surface area contributed by atoms with E-state index in [4.69, 9.17) is 4.55 Å². The van der Waals surface area contributed by atoms with E-state index in [1.165, 1.54) is 12.1 Å². The highest BCUT2D eigenvalue weighted by Gasteiger charge is 2.19. The Morgan fingerprint density at radius 2 is 2.00 bits per heavy atom. The average molecular weight is 211 g/mol. The van der Waals surface area contributed by atoms with Crippen molar-refractivity contribution in [3.05, 3.63) is 23.8 Å². The second kappa shape index (κ2) is 2.73. The monoisotopic (exact) mass is 211 g/mol. The lowest BCUT2D eigenvalue weighted by atomic mass is 10.1. The van der Waals surface area contributed by atoms with E-state index in [2.05, 4.69) is 4.99 Å². The predicted molar refractivity (Wildman–Crippen MR) is 48.7 cm³/mol. The molecule has 0 fully saturated rings. The highest BCUT2D eigenvalue weighted by atomic mass is 32.2. The zero-order valence-corrected chi connectivity index (χ0v) is 7.65. The highest BCUT2D eigenvalue weighted by molar-refractivity contribution is 7.85. The molecule has 0 bridgehead atoms. The third-order valence-electron chi connectivity index (χ3n) is 1.85. The Hall–Kier alpha value is -1.53. The van der Waals surface area contributed by atoms with E-state index < -0.39 is 10.1 Å². The molecule has 5 nitrogen and oxygen atoms in total. The minimum Gasteiger partial charge on any atom is -0.287 e. The molecule has 0 amide bonds. The summed E-state index contributed by atoms with van der Waals surface area (Å²) in [6.45, 7) is 0. The predicted octanol–water partition coefficient (Wildman–Crippen LogP) is 0.832. The van der Waals surface area contributed by atoms with E-state index in [9.17, 15) is 13.2 Å². The molecule has 0 atom stereocenters. The lowest BCUT2D eigenvalue weighted by Gasteiger charge is -1.99. The molecule has 0 aliphatic carbocycles. The first-order valence-corrected chi connectivity index (χ1v) is 5.12. The molecular formula is C8H5NO4S. The van der Waals surface area contributed by atoms with Crippen molar-refractivity contribution in [1.82, 2.24) is 0 Å². The summed E-state index contributed by atoms with van der Waals surface area (Å²) in [7, 11) is -4.26. The molecule has 6 heteroatoms. The molecule has 0 spiro atoms. The van der Waals surface area contributed by atoms with E-state index in [0.717, 1.165) is 12.3 Å². The van der Waals surface area contributed by atoms with Gasteiger partial charge in [0, 0.05) is 0 Å². The van der Waals surface area contributed by atoms with Crippen molar-refractivity contribution < 1.29 is 17.8 Å². The van der Waals surface area contributed by atoms with Gasteiger partial charge in [-0.05, 0) is 18.2 Å². The molecule has 0 saturated carbocycles. The maximum absolute atomic E-state index is 11.1. The van der Waals surface area contributed by atoms with Gasteiger partial charge in [-0.25, -0.2) is 0 Å². The van der Waals surface area contributed by atoms with Crippen LogP contribution in [0.2, 0.25) is 0 Å². The zero-order chi connectivity index (χ0) is 10.3. The summed E-state index contributed by atoms with van der Waals surface area (Å²) >= 11 is 0. The first-order valence-electron chi connectivity index (χ1n) is 3.68. The maximum Gasteiger partial charge on any atom is 0.294 e. The maximum atomic E-state index is 11.1. The Bertz CT molecular complexity index is 544. The van der Waals surface area contributed by atoms with Crippen molar-refractivity contribution in [1.29, 1.82) is 0 Å². The molecule has 1 N–H and O–H groups in total. The standard InChI is InChI=1S/C8H5NO4S/c10-8-4-9-7-2-1-5(3-6(7)8)14(11,12)13/h1-4H,(H,11,12,13). The van der Waals surface area contributed by atoms with Gasteiger partial charge in [-0.3, -0.25) is 14.3 Å². The molecule has 0 unspecified atom stereocenters. The Labute approximate surface area is 79.8 Å². The fraction of sp³-hybridized carbons (Fsp3) is 0. The molecule has 0 saturated heterocycles. The van der Waals surface area contributed by atoms with Gasteiger partial charge in [-0.1, -0.05) is 0 Å². The van der Waals surface area contributed by atoms with Crippen LogP contribution in [0.3, 0.4) is 0 Å². The summed E-state index contributed by atoms with van der Waals surface area (Å²) in [5.41, 5.74) is 0.613. The van der Waals surface area contributed by atoms with Crippen molar-refractivity contribution in [2.75, 3.05) is 0 Å². The molecule has 0 aromatic heterocycles. The SMILES string of the molecule is O=C1C=Nc2ccc(S(=O)(=O)O)cc21. The van der Waals surface area contributed by atoms with E-state index in [0.29, 0.717) is 5.69 Å². The first kappa shape index (κ1) is 9.04. The summed E-state index contributed by atoms with van der Waals surface area (Å²) in [6.07, 6.45) is 1.11. The average Bonchev–Trinajstić information content (AvgIpc) is 2.46. The second-order valence-electron chi connectivity index (χ2n) is 2.78. The molecule has 1 heterocycles. The minimum atomic E-state index is -4.26. The molecule has 2 rings (SSSR count). The van der Waals surface area contributed by atoms with E-state index in [1.807, 2.05) is 0 Å². The number of nitrogens with zero attached hydrogens (tertiary/aromatic N) is 1. The molecule has 1 aromatic rings. The van der Waals surface area contributed by atoms with Gasteiger partial charge in [-0.15, -0.1) is 0 Å². The second-order valence-corrected chi connectivity index (χ2v) is 4.20. The van der Waals surface area contributed by atoms with Crippen LogP contribution in [0.5, 0.6) is 0 Å². The number of fused-ring (bicyclic) bond motifs is 1. The molecule has 1 aliphatic heterocycles. The van der Waals surface area contributed by atoms with E-state index >= 15 is 0 Å². The third-order valence-corrected chi connectivity index (χ3v) is 2.70. The number of hydrogen-bond acceptors (Lipinski definition) is 4. The van der Waals surface area contributed by atoms with Crippen molar-refractivity contribution >= 4 is 27.8 Å². The first-order chi connectivity index (χ1) is 6.48. The largest absolute Gasteiger partial charge is 0.294 e. The van der Waals surface area contributed by atoms with Crippen LogP contribution in [-0.2, 0) is 10.1 Å². The van der Waals surface area contributed by atoms with Crippen molar-refractivity contribution in [3.8, 4) is 0 Å². The fourth-order valence-electron chi connectivity index (χ4n) is 1.18. The Kier molecular flexibility index (Phi) is 1.76. The molecule has 72 valence electrons. The number of rotatable bonds is 1. The fourth-order valence-corrected chi connectivity index (χ4v) is 1.69. The smallest absolute Gasteiger partial charge is 0.287 e. The van der Waals surface area contributed by atoms with Crippen molar-refractivity contribution in [2.45, 2.75) is 4.90 Å². The number of Topliss-reactive ketones (excluding diaryl/α,β-unsaturated/α-hetero) is 1. The summed E-state index contributed by atoms with van der Waals surface area (Å²) in [5, 5.41) is 0. The molecule has 1 aliphatic rings. The lowest BCUT2D eigenvalue weighted by Crippen LogP contribution is -2.01. The van der Waals surface area contributed by atoms with Gasteiger partial charge in [0.2, 0.25) is 5.78 Å². The van der Waals surface area contributed by atoms with Crippen LogP contribution in [0.25, 0.3) is 0 Å². The summed E-state index contributed by atoms with van der Waals surface area (Å²) in [6, 6.07) is 3.68. The lowest BCUT2D eigenvalue weighted by molar-refractivity contribution is 0.107. The number of carbonyl (C=O) groups excluding carboxylic acids is 1. The van der Waals surface area contributed by atoms with E-state index in [1.54, 1.807) is 0 Å². The van der Waals surface area contributed by atoms with Crippen LogP contribution in [-0.4, -0.2) is 25.0 Å². The quantitative estimate of drug-likeness (QED) is 0.697. The number of carbonyl (C=O) groups is 1. The molecule has 14 heavy (non-hydrogen) atoms. The summed E-state index contributed by atoms with van der Waals surface area (Å²) < 4.78 is 30.2. The molecule has 0 radical (unpaired) electrons. The van der Waals surface area contributed by atoms with Gasteiger partial charge >= 0.3 is 0 Å². The third kappa shape index (κ3) is 1.34. The number of benzene rings is 1. The normalized spacial score (nSPS) is 14.5. The van der Waals surface area contributed by atoms with Crippen molar-refractivity contribution in [3.63, 3.8) is 0 Å². The van der Waals surface area contributed by atoms with Crippen LogP contribution < -0.4 is 0 Å². The summed E-state index contributed by atoms with van der Waals surface area (Å²) in [5.74, 6) is -0.356. The Balaban J connectivity index is 2.64. The van der Waals surface area contributed by atoms with Crippen LogP contribution >= 0.6 is 0 Å². The topological polar surface area (TPSA) is 83.8 Å². The van der Waals surface area contributed by atoms with Crippen molar-refractivity contribution in [2.24, 2.45) is 4.99 Å². The zero-order valence-electron chi connectivity index (χ0n) is 6.84. The Morgan fingerprint density at radius 1 is 1.29 bits per heavy atom. The van der Waals surface area contributed by atoms with Gasteiger partial charge in [0.1, 0.15) is 0 Å². The number of ketones is 1. The Morgan fingerprint density at radius 3 is 2.64 bits per heavy atom.